The number of amides is 1. The van der Waals surface area contributed by atoms with E-state index in [9.17, 15) is 14.0 Å². The number of aryl methyl sites for hydroxylation is 1. The molecule has 29 heavy (non-hydrogen) atoms. The van der Waals surface area contributed by atoms with Crippen molar-refractivity contribution in [1.82, 2.24) is 8.97 Å². The largest absolute Gasteiger partial charge is 0.497 e. The van der Waals surface area contributed by atoms with Crippen LogP contribution in [0.25, 0.3) is 16.6 Å². The van der Waals surface area contributed by atoms with Crippen molar-refractivity contribution in [1.29, 1.82) is 0 Å². The van der Waals surface area contributed by atoms with Crippen LogP contribution in [-0.4, -0.2) is 29.0 Å². The summed E-state index contributed by atoms with van der Waals surface area (Å²) < 4.78 is 22.2. The Labute approximate surface area is 166 Å². The predicted molar refractivity (Wildman–Crippen MR) is 110 cm³/mol. The van der Waals surface area contributed by atoms with E-state index in [2.05, 4.69) is 0 Å². The molecule has 0 aliphatic rings. The van der Waals surface area contributed by atoms with E-state index in [1.165, 1.54) is 21.6 Å². The summed E-state index contributed by atoms with van der Waals surface area (Å²) in [6.45, 7) is 0.153. The van der Waals surface area contributed by atoms with Gasteiger partial charge in [0.2, 0.25) is 5.91 Å². The fraction of sp³-hybridized carbons (Fsp3) is 0.182. The van der Waals surface area contributed by atoms with E-state index < -0.39 is 5.82 Å². The molecule has 0 spiro atoms. The molecule has 2 aromatic carbocycles. The maximum Gasteiger partial charge on any atom is 0.275 e. The van der Waals surface area contributed by atoms with Crippen molar-refractivity contribution in [3.63, 3.8) is 0 Å². The average Bonchev–Trinajstić information content (AvgIpc) is 3.23. The standard InChI is InChI=1S/C22H20FN3O3/c1-24(16-6-8-17(29-2)9-7-16)21(27)11-13-26-20-14-15(23)5-10-18(20)25-12-3-4-19(25)22(26)28/h3-10,12,14H,11,13H2,1-2H3. The third-order valence-electron chi connectivity index (χ3n) is 5.08. The summed E-state index contributed by atoms with van der Waals surface area (Å²) in [5, 5.41) is 0. The molecular weight excluding hydrogens is 373 g/mol. The number of halogens is 1. The lowest BCUT2D eigenvalue weighted by atomic mass is 10.2. The quantitative estimate of drug-likeness (QED) is 0.522. The highest BCUT2D eigenvalue weighted by Gasteiger charge is 2.15. The topological polar surface area (TPSA) is 56.0 Å². The molecule has 0 aliphatic heterocycles. The van der Waals surface area contributed by atoms with Gasteiger partial charge in [-0.2, -0.15) is 0 Å². The minimum Gasteiger partial charge on any atom is -0.497 e. The molecule has 0 bridgehead atoms. The number of rotatable bonds is 5. The van der Waals surface area contributed by atoms with Gasteiger partial charge < -0.3 is 18.6 Å². The Bertz CT molecular complexity index is 1260. The number of carbonyl (C=O) groups is 1. The molecule has 6 nitrogen and oxygen atoms in total. The Morgan fingerprint density at radius 3 is 2.55 bits per heavy atom. The summed E-state index contributed by atoms with van der Waals surface area (Å²) >= 11 is 0. The van der Waals surface area contributed by atoms with Crippen LogP contribution in [0.15, 0.2) is 65.6 Å². The molecule has 7 heteroatoms. The van der Waals surface area contributed by atoms with Crippen LogP contribution in [0.5, 0.6) is 5.75 Å². The van der Waals surface area contributed by atoms with Crippen LogP contribution in [0.2, 0.25) is 0 Å². The molecule has 1 amide bonds. The van der Waals surface area contributed by atoms with Gasteiger partial charge in [-0.15, -0.1) is 0 Å². The Morgan fingerprint density at radius 1 is 1.07 bits per heavy atom. The molecular formula is C22H20FN3O3. The molecule has 4 rings (SSSR count). The maximum absolute atomic E-state index is 13.9. The van der Waals surface area contributed by atoms with E-state index in [-0.39, 0.29) is 24.4 Å². The number of benzene rings is 2. The van der Waals surface area contributed by atoms with Gasteiger partial charge in [-0.1, -0.05) is 0 Å². The van der Waals surface area contributed by atoms with Gasteiger partial charge in [-0.05, 0) is 54.6 Å². The van der Waals surface area contributed by atoms with Crippen LogP contribution < -0.4 is 15.2 Å². The lowest BCUT2D eigenvalue weighted by Gasteiger charge is -2.19. The number of aromatic nitrogens is 2. The van der Waals surface area contributed by atoms with Crippen LogP contribution in [0, 0.1) is 5.82 Å². The first-order valence-corrected chi connectivity index (χ1v) is 9.19. The van der Waals surface area contributed by atoms with Crippen molar-refractivity contribution in [2.75, 3.05) is 19.1 Å². The number of nitrogens with zero attached hydrogens (tertiary/aromatic N) is 3. The molecule has 148 valence electrons. The summed E-state index contributed by atoms with van der Waals surface area (Å²) in [5.41, 5.74) is 2.12. The zero-order valence-corrected chi connectivity index (χ0v) is 16.1. The first kappa shape index (κ1) is 18.7. The first-order chi connectivity index (χ1) is 14.0. The Kier molecular flexibility index (Phi) is 4.80. The second-order valence-corrected chi connectivity index (χ2v) is 6.75. The van der Waals surface area contributed by atoms with Crippen molar-refractivity contribution in [2.45, 2.75) is 13.0 Å². The van der Waals surface area contributed by atoms with Crippen LogP contribution >= 0.6 is 0 Å². The summed E-state index contributed by atoms with van der Waals surface area (Å²) in [6, 6.07) is 15.0. The lowest BCUT2D eigenvalue weighted by Crippen LogP contribution is -2.30. The fourth-order valence-corrected chi connectivity index (χ4v) is 3.48. The van der Waals surface area contributed by atoms with Gasteiger partial charge in [-0.3, -0.25) is 9.59 Å². The molecule has 0 atom stereocenters. The monoisotopic (exact) mass is 393 g/mol. The van der Waals surface area contributed by atoms with Gasteiger partial charge in [0.1, 0.15) is 17.1 Å². The number of methoxy groups -OCH3 is 1. The van der Waals surface area contributed by atoms with Gasteiger partial charge in [0.05, 0.1) is 18.1 Å². The Morgan fingerprint density at radius 2 is 1.83 bits per heavy atom. The van der Waals surface area contributed by atoms with Crippen molar-refractivity contribution in [3.05, 3.63) is 77.0 Å². The van der Waals surface area contributed by atoms with Gasteiger partial charge in [0, 0.05) is 31.9 Å². The number of hydrogen-bond donors (Lipinski definition) is 0. The Hall–Kier alpha value is -3.61. The molecule has 0 fully saturated rings. The Balaban J connectivity index is 1.64. The van der Waals surface area contributed by atoms with Gasteiger partial charge in [0.15, 0.2) is 0 Å². The van der Waals surface area contributed by atoms with Crippen molar-refractivity contribution >= 4 is 28.1 Å². The molecule has 0 unspecified atom stereocenters. The van der Waals surface area contributed by atoms with E-state index in [0.29, 0.717) is 22.3 Å². The smallest absolute Gasteiger partial charge is 0.275 e. The SMILES string of the molecule is COc1ccc(N(C)C(=O)CCn2c(=O)c3cccn3c3ccc(F)cc32)cc1. The van der Waals surface area contributed by atoms with E-state index in [0.717, 1.165) is 5.69 Å². The number of hydrogen-bond acceptors (Lipinski definition) is 3. The number of ether oxygens (including phenoxy) is 1. The van der Waals surface area contributed by atoms with E-state index in [4.69, 9.17) is 4.74 Å². The zero-order valence-electron chi connectivity index (χ0n) is 16.1. The van der Waals surface area contributed by atoms with Gasteiger partial charge in [0.25, 0.3) is 5.56 Å². The van der Waals surface area contributed by atoms with Gasteiger partial charge in [-0.25, -0.2) is 4.39 Å². The second kappa shape index (κ2) is 7.43. The van der Waals surface area contributed by atoms with E-state index >= 15 is 0 Å². The van der Waals surface area contributed by atoms with Crippen molar-refractivity contribution in [2.24, 2.45) is 0 Å². The normalized spacial score (nSPS) is 11.1. The minimum absolute atomic E-state index is 0.102. The van der Waals surface area contributed by atoms with Gasteiger partial charge >= 0.3 is 0 Å². The molecule has 0 aliphatic carbocycles. The molecule has 0 N–H and O–H groups in total. The fourth-order valence-electron chi connectivity index (χ4n) is 3.48. The summed E-state index contributed by atoms with van der Waals surface area (Å²) in [6.07, 6.45) is 1.87. The highest BCUT2D eigenvalue weighted by atomic mass is 19.1. The summed E-state index contributed by atoms with van der Waals surface area (Å²) in [5.74, 6) is 0.121. The summed E-state index contributed by atoms with van der Waals surface area (Å²) in [4.78, 5) is 27.1. The highest BCUT2D eigenvalue weighted by molar-refractivity contribution is 5.93. The average molecular weight is 393 g/mol. The third-order valence-corrected chi connectivity index (χ3v) is 5.08. The number of fused-ring (bicyclic) bond motifs is 3. The molecule has 0 saturated heterocycles. The van der Waals surface area contributed by atoms with Crippen LogP contribution in [-0.2, 0) is 11.3 Å². The van der Waals surface area contributed by atoms with Crippen LogP contribution in [0.1, 0.15) is 6.42 Å². The first-order valence-electron chi connectivity index (χ1n) is 9.19. The maximum atomic E-state index is 13.9. The number of anilines is 1. The molecule has 0 radical (unpaired) electrons. The van der Waals surface area contributed by atoms with Crippen molar-refractivity contribution in [3.8, 4) is 5.75 Å². The predicted octanol–water partition coefficient (Wildman–Crippen LogP) is 3.46. The molecule has 4 aromatic rings. The lowest BCUT2D eigenvalue weighted by molar-refractivity contribution is -0.118. The highest BCUT2D eigenvalue weighted by Crippen LogP contribution is 2.20. The molecule has 2 aromatic heterocycles. The summed E-state index contributed by atoms with van der Waals surface area (Å²) in [7, 11) is 3.26. The third kappa shape index (κ3) is 3.35. The second-order valence-electron chi connectivity index (χ2n) is 6.75. The molecule has 0 saturated carbocycles. The minimum atomic E-state index is -0.432. The molecule has 2 heterocycles. The van der Waals surface area contributed by atoms with E-state index in [1.54, 1.807) is 67.2 Å². The number of carbonyl (C=O) groups excluding carboxylic acids is 1. The van der Waals surface area contributed by atoms with Crippen molar-refractivity contribution < 1.29 is 13.9 Å². The van der Waals surface area contributed by atoms with Crippen LogP contribution in [0.3, 0.4) is 0 Å². The van der Waals surface area contributed by atoms with E-state index in [1.807, 2.05) is 0 Å². The van der Waals surface area contributed by atoms with Crippen LogP contribution in [0.4, 0.5) is 10.1 Å². The zero-order chi connectivity index (χ0) is 20.5.